The van der Waals surface area contributed by atoms with Crippen LogP contribution in [0.15, 0.2) is 0 Å². The summed E-state index contributed by atoms with van der Waals surface area (Å²) in [5.41, 5.74) is 0. The maximum atomic E-state index is 10.5. The highest BCUT2D eigenvalue weighted by atomic mass is 16.5. The van der Waals surface area contributed by atoms with Crippen molar-refractivity contribution >= 4 is 5.97 Å². The Hall–Kier alpha value is -0.570. The summed E-state index contributed by atoms with van der Waals surface area (Å²) >= 11 is 0. The lowest BCUT2D eigenvalue weighted by Gasteiger charge is -2.06. The van der Waals surface area contributed by atoms with Crippen molar-refractivity contribution in [2.75, 3.05) is 0 Å². The highest BCUT2D eigenvalue weighted by Gasteiger charge is 2.34. The monoisotopic (exact) mass is 144 g/mol. The largest absolute Gasteiger partial charge is 0.481 e. The second-order valence-corrected chi connectivity index (χ2v) is 2.83. The van der Waals surface area contributed by atoms with E-state index in [1.54, 1.807) is 0 Å². The van der Waals surface area contributed by atoms with Gasteiger partial charge in [-0.05, 0) is 20.3 Å². The fourth-order valence-corrected chi connectivity index (χ4v) is 1.37. The van der Waals surface area contributed by atoms with Crippen LogP contribution in [0.1, 0.15) is 20.3 Å². The van der Waals surface area contributed by atoms with Crippen LogP contribution < -0.4 is 0 Å². The summed E-state index contributed by atoms with van der Waals surface area (Å²) in [5, 5.41) is 8.62. The fraction of sp³-hybridized carbons (Fsp3) is 0.857. The minimum Gasteiger partial charge on any atom is -0.481 e. The maximum absolute atomic E-state index is 10.5. The first-order chi connectivity index (χ1) is 4.61. The van der Waals surface area contributed by atoms with Gasteiger partial charge in [-0.2, -0.15) is 0 Å². The number of rotatable bonds is 1. The first kappa shape index (κ1) is 7.54. The lowest BCUT2D eigenvalue weighted by Crippen LogP contribution is -2.20. The molecule has 1 aliphatic rings. The average molecular weight is 144 g/mol. The van der Waals surface area contributed by atoms with Gasteiger partial charge in [0.25, 0.3) is 0 Å². The Morgan fingerprint density at radius 1 is 1.60 bits per heavy atom. The van der Waals surface area contributed by atoms with E-state index in [2.05, 4.69) is 0 Å². The van der Waals surface area contributed by atoms with Gasteiger partial charge in [0.1, 0.15) is 0 Å². The van der Waals surface area contributed by atoms with Crippen LogP contribution in [0.3, 0.4) is 0 Å². The van der Waals surface area contributed by atoms with E-state index in [4.69, 9.17) is 9.84 Å². The Kier molecular flexibility index (Phi) is 1.94. The van der Waals surface area contributed by atoms with Gasteiger partial charge in [-0.25, -0.2) is 0 Å². The third kappa shape index (κ3) is 1.29. The number of aliphatic carboxylic acids is 1. The molecule has 0 saturated carbocycles. The van der Waals surface area contributed by atoms with Crippen LogP contribution in [-0.4, -0.2) is 23.3 Å². The van der Waals surface area contributed by atoms with E-state index in [-0.39, 0.29) is 18.1 Å². The van der Waals surface area contributed by atoms with Crippen LogP contribution in [0, 0.1) is 5.92 Å². The lowest BCUT2D eigenvalue weighted by atomic mass is 10.0. The first-order valence-electron chi connectivity index (χ1n) is 3.49. The summed E-state index contributed by atoms with van der Waals surface area (Å²) in [4.78, 5) is 10.5. The number of hydrogen-bond donors (Lipinski definition) is 1. The maximum Gasteiger partial charge on any atom is 0.309 e. The van der Waals surface area contributed by atoms with E-state index < -0.39 is 5.97 Å². The van der Waals surface area contributed by atoms with Gasteiger partial charge in [0.2, 0.25) is 0 Å². The molecule has 1 rings (SSSR count). The third-order valence-electron chi connectivity index (χ3n) is 1.92. The molecule has 1 fully saturated rings. The zero-order valence-corrected chi connectivity index (χ0v) is 6.20. The Labute approximate surface area is 60.0 Å². The van der Waals surface area contributed by atoms with E-state index in [0.29, 0.717) is 6.42 Å². The average Bonchev–Trinajstić information content (AvgIpc) is 2.10. The predicted octanol–water partition coefficient (Wildman–Crippen LogP) is 0.884. The van der Waals surface area contributed by atoms with Crippen LogP contribution in [0.4, 0.5) is 0 Å². The van der Waals surface area contributed by atoms with Gasteiger partial charge in [-0.1, -0.05) is 0 Å². The molecule has 0 aromatic carbocycles. The van der Waals surface area contributed by atoms with Gasteiger partial charge < -0.3 is 9.84 Å². The molecule has 0 aromatic rings. The summed E-state index contributed by atoms with van der Waals surface area (Å²) in [6.07, 6.45) is 0.639. The Morgan fingerprint density at radius 2 is 2.20 bits per heavy atom. The molecule has 0 radical (unpaired) electrons. The molecule has 1 N–H and O–H groups in total. The van der Waals surface area contributed by atoms with Crippen molar-refractivity contribution in [2.24, 2.45) is 5.92 Å². The highest BCUT2D eigenvalue weighted by molar-refractivity contribution is 5.71. The molecule has 58 valence electrons. The zero-order valence-electron chi connectivity index (χ0n) is 6.20. The molecule has 10 heavy (non-hydrogen) atoms. The number of ether oxygens (including phenoxy) is 1. The molecule has 0 unspecified atom stereocenters. The molecule has 0 aliphatic carbocycles. The van der Waals surface area contributed by atoms with Crippen molar-refractivity contribution in [2.45, 2.75) is 32.5 Å². The second-order valence-electron chi connectivity index (χ2n) is 2.83. The molecule has 0 amide bonds. The third-order valence-corrected chi connectivity index (χ3v) is 1.92. The zero-order chi connectivity index (χ0) is 7.72. The minimum absolute atomic E-state index is 0.107. The van der Waals surface area contributed by atoms with Gasteiger partial charge in [0.15, 0.2) is 0 Å². The lowest BCUT2D eigenvalue weighted by molar-refractivity contribution is -0.143. The van der Waals surface area contributed by atoms with Crippen LogP contribution in [-0.2, 0) is 9.53 Å². The fourth-order valence-electron chi connectivity index (χ4n) is 1.37. The molecular formula is C7H12O3. The van der Waals surface area contributed by atoms with Crippen LogP contribution in [0.5, 0.6) is 0 Å². The van der Waals surface area contributed by atoms with Crippen molar-refractivity contribution in [1.29, 1.82) is 0 Å². The molecule has 0 bridgehead atoms. The normalized spacial score (nSPS) is 40.0. The van der Waals surface area contributed by atoms with Crippen molar-refractivity contribution < 1.29 is 14.6 Å². The van der Waals surface area contributed by atoms with E-state index >= 15 is 0 Å². The van der Waals surface area contributed by atoms with Gasteiger partial charge in [0.05, 0.1) is 18.1 Å². The Bertz CT molecular complexity index is 144. The predicted molar refractivity (Wildman–Crippen MR) is 35.8 cm³/mol. The highest BCUT2D eigenvalue weighted by Crippen LogP contribution is 2.25. The van der Waals surface area contributed by atoms with Gasteiger partial charge in [-0.15, -0.1) is 0 Å². The molecule has 0 spiro atoms. The number of hydrogen-bond acceptors (Lipinski definition) is 2. The van der Waals surface area contributed by atoms with Crippen molar-refractivity contribution in [1.82, 2.24) is 0 Å². The standard InChI is InChI=1S/C7H12O3/c1-4-3-6(7(8)9)5(2)10-4/h4-6H,3H2,1-2H3,(H,8,9)/t4-,5+,6+/m1/s1. The van der Waals surface area contributed by atoms with Gasteiger partial charge in [0, 0.05) is 0 Å². The van der Waals surface area contributed by atoms with Crippen molar-refractivity contribution in [3.8, 4) is 0 Å². The summed E-state index contributed by atoms with van der Waals surface area (Å²) in [6.45, 7) is 3.71. The second kappa shape index (κ2) is 2.58. The summed E-state index contributed by atoms with van der Waals surface area (Å²) in [7, 11) is 0. The summed E-state index contributed by atoms with van der Waals surface area (Å²) < 4.78 is 5.25. The molecule has 1 aliphatic heterocycles. The van der Waals surface area contributed by atoms with Crippen LogP contribution in [0.25, 0.3) is 0 Å². The Morgan fingerprint density at radius 3 is 2.40 bits per heavy atom. The van der Waals surface area contributed by atoms with Gasteiger partial charge >= 0.3 is 5.97 Å². The summed E-state index contributed by atoms with van der Waals surface area (Å²) in [6, 6.07) is 0. The smallest absolute Gasteiger partial charge is 0.309 e. The van der Waals surface area contributed by atoms with E-state index in [9.17, 15) is 4.79 Å². The van der Waals surface area contributed by atoms with E-state index in [1.807, 2.05) is 13.8 Å². The number of carboxylic acids is 1. The minimum atomic E-state index is -0.739. The summed E-state index contributed by atoms with van der Waals surface area (Å²) in [5.74, 6) is -1.04. The van der Waals surface area contributed by atoms with Crippen molar-refractivity contribution in [3.63, 3.8) is 0 Å². The molecule has 3 heteroatoms. The molecular weight excluding hydrogens is 132 g/mol. The quantitative estimate of drug-likeness (QED) is 0.594. The topological polar surface area (TPSA) is 46.5 Å². The molecule has 3 nitrogen and oxygen atoms in total. The SMILES string of the molecule is C[C@@H]1C[C@H](C(=O)O)[C@H](C)O1. The molecule has 1 saturated heterocycles. The number of carboxylic acid groups (broad SMARTS) is 1. The van der Waals surface area contributed by atoms with E-state index in [1.165, 1.54) is 0 Å². The first-order valence-corrected chi connectivity index (χ1v) is 3.49. The van der Waals surface area contributed by atoms with Gasteiger partial charge in [-0.3, -0.25) is 4.79 Å². The molecule has 0 aromatic heterocycles. The van der Waals surface area contributed by atoms with Crippen molar-refractivity contribution in [3.05, 3.63) is 0 Å². The van der Waals surface area contributed by atoms with E-state index in [0.717, 1.165) is 0 Å². The number of carbonyl (C=O) groups is 1. The Balaban J connectivity index is 2.54. The van der Waals surface area contributed by atoms with Crippen LogP contribution >= 0.6 is 0 Å². The molecule has 1 heterocycles. The van der Waals surface area contributed by atoms with Crippen LogP contribution in [0.2, 0.25) is 0 Å². The molecule has 3 atom stereocenters.